The zero-order valence-electron chi connectivity index (χ0n) is 18.9. The van der Waals surface area contributed by atoms with Crippen LogP contribution in [0.3, 0.4) is 0 Å². The molecule has 1 heterocycles. The Hall–Kier alpha value is -3.04. The van der Waals surface area contributed by atoms with Crippen LogP contribution < -0.4 is 15.4 Å². The quantitative estimate of drug-likeness (QED) is 0.431. The third-order valence-electron chi connectivity index (χ3n) is 5.02. The summed E-state index contributed by atoms with van der Waals surface area (Å²) in [5, 5.41) is 15.5. The summed E-state index contributed by atoms with van der Waals surface area (Å²) in [5.41, 5.74) is 1.94. The van der Waals surface area contributed by atoms with Crippen molar-refractivity contribution in [2.75, 3.05) is 18.2 Å². The molecule has 0 aliphatic heterocycles. The van der Waals surface area contributed by atoms with E-state index in [0.717, 1.165) is 5.56 Å². The van der Waals surface area contributed by atoms with E-state index >= 15 is 0 Å². The summed E-state index contributed by atoms with van der Waals surface area (Å²) < 4.78 is 7.16. The van der Waals surface area contributed by atoms with Crippen molar-refractivity contribution < 1.29 is 14.3 Å². The van der Waals surface area contributed by atoms with E-state index in [2.05, 4.69) is 20.8 Å². The van der Waals surface area contributed by atoms with Crippen LogP contribution in [0.4, 0.5) is 5.69 Å². The first-order valence-corrected chi connectivity index (χ1v) is 11.8. The molecule has 0 aliphatic rings. The number of halogens is 1. The highest BCUT2D eigenvalue weighted by Crippen LogP contribution is 2.25. The number of aromatic nitrogens is 3. The number of hydrogen-bond acceptors (Lipinski definition) is 6. The number of carbonyl (C=O) groups is 2. The molecule has 1 aromatic heterocycles. The van der Waals surface area contributed by atoms with Crippen LogP contribution in [0.1, 0.15) is 41.6 Å². The van der Waals surface area contributed by atoms with Crippen molar-refractivity contribution in [1.29, 1.82) is 0 Å². The molecule has 174 valence electrons. The van der Waals surface area contributed by atoms with Gasteiger partial charge < -0.3 is 19.9 Å². The molecule has 3 aromatic rings. The Morgan fingerprint density at radius 2 is 1.94 bits per heavy atom. The second-order valence-electron chi connectivity index (χ2n) is 7.23. The normalized spacial score (nSPS) is 11.7. The van der Waals surface area contributed by atoms with Crippen LogP contribution in [0.25, 0.3) is 0 Å². The molecule has 0 radical (unpaired) electrons. The maximum atomic E-state index is 12.7. The molecule has 33 heavy (non-hydrogen) atoms. The number of rotatable bonds is 9. The Labute approximate surface area is 202 Å². The van der Waals surface area contributed by atoms with E-state index in [0.29, 0.717) is 39.5 Å². The van der Waals surface area contributed by atoms with E-state index in [1.165, 1.54) is 18.9 Å². The summed E-state index contributed by atoms with van der Waals surface area (Å²) in [7, 11) is 1.52. The number of para-hydroxylation sites is 1. The van der Waals surface area contributed by atoms with Gasteiger partial charge in [0.15, 0.2) is 11.0 Å². The average molecular weight is 488 g/mol. The third kappa shape index (κ3) is 5.85. The van der Waals surface area contributed by atoms with E-state index < -0.39 is 6.04 Å². The van der Waals surface area contributed by atoms with Gasteiger partial charge in [-0.05, 0) is 50.6 Å². The van der Waals surface area contributed by atoms with Gasteiger partial charge in [0, 0.05) is 17.3 Å². The van der Waals surface area contributed by atoms with Crippen LogP contribution in [0.15, 0.2) is 47.6 Å². The molecular weight excluding hydrogens is 462 g/mol. The van der Waals surface area contributed by atoms with E-state index in [9.17, 15) is 9.59 Å². The molecule has 2 amide bonds. The zero-order valence-corrected chi connectivity index (χ0v) is 20.5. The molecule has 2 aromatic carbocycles. The summed E-state index contributed by atoms with van der Waals surface area (Å²) in [6, 6.07) is 12.0. The van der Waals surface area contributed by atoms with Gasteiger partial charge >= 0.3 is 0 Å². The second-order valence-corrected chi connectivity index (χ2v) is 8.58. The maximum Gasteiger partial charge on any atom is 0.255 e. The molecule has 1 atom stereocenters. The van der Waals surface area contributed by atoms with Gasteiger partial charge in [0.05, 0.1) is 24.5 Å². The fourth-order valence-corrected chi connectivity index (χ4v) is 4.24. The lowest BCUT2D eigenvalue weighted by molar-refractivity contribution is -0.113. The fourth-order valence-electron chi connectivity index (χ4n) is 3.25. The lowest BCUT2D eigenvalue weighted by Crippen LogP contribution is -2.29. The van der Waals surface area contributed by atoms with E-state index in [1.54, 1.807) is 36.4 Å². The van der Waals surface area contributed by atoms with Gasteiger partial charge in [0.2, 0.25) is 5.91 Å². The Bertz CT molecular complexity index is 1150. The SMILES string of the molecule is CCn1c(SCC(=O)Nc2cccc(Cl)c2C)nnc1[C@@H](C)NC(=O)c1ccccc1OC. The molecule has 3 rings (SSSR count). The average Bonchev–Trinajstić information content (AvgIpc) is 3.23. The molecular formula is C23H26ClN5O3S. The Morgan fingerprint density at radius 3 is 2.67 bits per heavy atom. The van der Waals surface area contributed by atoms with Crippen LogP contribution in [-0.4, -0.2) is 39.4 Å². The van der Waals surface area contributed by atoms with Crippen LogP contribution in [0.5, 0.6) is 5.75 Å². The lowest BCUT2D eigenvalue weighted by atomic mass is 10.1. The van der Waals surface area contributed by atoms with Crippen LogP contribution in [-0.2, 0) is 11.3 Å². The minimum absolute atomic E-state index is 0.159. The number of hydrogen-bond donors (Lipinski definition) is 2. The minimum Gasteiger partial charge on any atom is -0.496 e. The summed E-state index contributed by atoms with van der Waals surface area (Å²) >= 11 is 7.40. The van der Waals surface area contributed by atoms with Crippen LogP contribution >= 0.6 is 23.4 Å². The van der Waals surface area contributed by atoms with Crippen molar-refractivity contribution >= 4 is 40.9 Å². The molecule has 0 spiro atoms. The van der Waals surface area contributed by atoms with Crippen molar-refractivity contribution in [3.8, 4) is 5.75 Å². The first-order valence-electron chi connectivity index (χ1n) is 10.4. The number of nitrogens with one attached hydrogen (secondary N) is 2. The van der Waals surface area contributed by atoms with Gasteiger partial charge in [-0.15, -0.1) is 10.2 Å². The number of methoxy groups -OCH3 is 1. The molecule has 0 aliphatic carbocycles. The molecule has 0 saturated heterocycles. The van der Waals surface area contributed by atoms with E-state index in [1.807, 2.05) is 31.4 Å². The highest BCUT2D eigenvalue weighted by Gasteiger charge is 2.21. The summed E-state index contributed by atoms with van der Waals surface area (Å²) in [5.74, 6) is 0.823. The van der Waals surface area contributed by atoms with Crippen molar-refractivity contribution in [3.63, 3.8) is 0 Å². The Morgan fingerprint density at radius 1 is 1.18 bits per heavy atom. The van der Waals surface area contributed by atoms with Crippen LogP contribution in [0.2, 0.25) is 5.02 Å². The lowest BCUT2D eigenvalue weighted by Gasteiger charge is -2.16. The van der Waals surface area contributed by atoms with Gasteiger partial charge in [0.25, 0.3) is 5.91 Å². The highest BCUT2D eigenvalue weighted by molar-refractivity contribution is 7.99. The standard InChI is InChI=1S/C23H26ClN5O3S/c1-5-29-21(15(3)25-22(31)16-9-6-7-12-19(16)32-4)27-28-23(29)33-13-20(30)26-18-11-8-10-17(24)14(18)2/h6-12,15H,5,13H2,1-4H3,(H,25,31)(H,26,30)/t15-/m1/s1. The predicted octanol–water partition coefficient (Wildman–Crippen LogP) is 4.49. The smallest absolute Gasteiger partial charge is 0.255 e. The van der Waals surface area contributed by atoms with Gasteiger partial charge in [-0.1, -0.05) is 41.6 Å². The number of anilines is 1. The molecule has 0 saturated carbocycles. The van der Waals surface area contributed by atoms with Crippen molar-refractivity contribution in [2.45, 2.75) is 38.5 Å². The molecule has 2 N–H and O–H groups in total. The predicted molar refractivity (Wildman–Crippen MR) is 130 cm³/mol. The fraction of sp³-hybridized carbons (Fsp3) is 0.304. The number of benzene rings is 2. The van der Waals surface area contributed by atoms with Gasteiger partial charge in [0.1, 0.15) is 5.75 Å². The number of ether oxygens (including phenoxy) is 1. The topological polar surface area (TPSA) is 98.1 Å². The third-order valence-corrected chi connectivity index (χ3v) is 6.40. The first kappa shape index (κ1) is 24.6. The zero-order chi connectivity index (χ0) is 24.0. The number of amides is 2. The van der Waals surface area contributed by atoms with Crippen LogP contribution in [0, 0.1) is 6.92 Å². The first-order chi connectivity index (χ1) is 15.8. The summed E-state index contributed by atoms with van der Waals surface area (Å²) in [4.78, 5) is 25.2. The Kier molecular flexibility index (Phi) is 8.35. The maximum absolute atomic E-state index is 12.7. The number of carbonyl (C=O) groups excluding carboxylic acids is 2. The van der Waals surface area contributed by atoms with E-state index in [-0.39, 0.29) is 17.6 Å². The molecule has 0 unspecified atom stereocenters. The Balaban J connectivity index is 1.66. The molecule has 8 nitrogen and oxygen atoms in total. The monoisotopic (exact) mass is 487 g/mol. The summed E-state index contributed by atoms with van der Waals surface area (Å²) in [6.07, 6.45) is 0. The van der Waals surface area contributed by atoms with Gasteiger partial charge in [-0.2, -0.15) is 0 Å². The van der Waals surface area contributed by atoms with Gasteiger partial charge in [-0.25, -0.2) is 0 Å². The molecule has 10 heteroatoms. The number of nitrogens with zero attached hydrogens (tertiary/aromatic N) is 3. The highest BCUT2D eigenvalue weighted by atomic mass is 35.5. The minimum atomic E-state index is -0.396. The second kappa shape index (κ2) is 11.2. The summed E-state index contributed by atoms with van der Waals surface area (Å²) in [6.45, 7) is 6.24. The molecule has 0 bridgehead atoms. The van der Waals surface area contributed by atoms with Crippen molar-refractivity contribution in [3.05, 3.63) is 64.4 Å². The number of thioether (sulfide) groups is 1. The van der Waals surface area contributed by atoms with Gasteiger partial charge in [-0.3, -0.25) is 9.59 Å². The van der Waals surface area contributed by atoms with Crippen molar-refractivity contribution in [1.82, 2.24) is 20.1 Å². The largest absolute Gasteiger partial charge is 0.496 e. The van der Waals surface area contributed by atoms with E-state index in [4.69, 9.17) is 16.3 Å². The molecule has 0 fully saturated rings. The van der Waals surface area contributed by atoms with Crippen molar-refractivity contribution in [2.24, 2.45) is 0 Å².